The first-order valence-corrected chi connectivity index (χ1v) is 6.05. The van der Waals surface area contributed by atoms with Crippen molar-refractivity contribution >= 4 is 5.69 Å². The third-order valence-electron chi connectivity index (χ3n) is 3.19. The van der Waals surface area contributed by atoms with Crippen LogP contribution in [0.3, 0.4) is 0 Å². The Hall–Kier alpha value is -1.06. The number of nitrogen functional groups attached to an aromatic ring is 1. The van der Waals surface area contributed by atoms with E-state index in [1.54, 1.807) is 0 Å². The van der Waals surface area contributed by atoms with Gasteiger partial charge in [0.05, 0.1) is 6.10 Å². The minimum atomic E-state index is -0.300. The van der Waals surface area contributed by atoms with Gasteiger partial charge in [-0.3, -0.25) is 4.90 Å². The molecule has 0 aliphatic rings. The Balaban J connectivity index is 2.68. The number of aliphatic hydroxyl groups is 1. The van der Waals surface area contributed by atoms with Crippen LogP contribution < -0.4 is 5.73 Å². The Morgan fingerprint density at radius 3 is 2.29 bits per heavy atom. The highest BCUT2D eigenvalue weighted by Gasteiger charge is 2.24. The predicted molar refractivity (Wildman–Crippen MR) is 72.9 cm³/mol. The lowest BCUT2D eigenvalue weighted by Crippen LogP contribution is -2.45. The molecule has 1 aromatic carbocycles. The molecule has 1 atom stereocenters. The lowest BCUT2D eigenvalue weighted by molar-refractivity contribution is 0.0803. The zero-order chi connectivity index (χ0) is 13.1. The van der Waals surface area contributed by atoms with Crippen LogP contribution in [0.5, 0.6) is 0 Å². The molecule has 17 heavy (non-hydrogen) atoms. The number of rotatable bonds is 5. The van der Waals surface area contributed by atoms with Crippen molar-refractivity contribution < 1.29 is 5.11 Å². The Kier molecular flexibility index (Phi) is 4.54. The first-order valence-electron chi connectivity index (χ1n) is 6.05. The predicted octanol–water partition coefficient (Wildman–Crippen LogP) is 1.90. The minimum Gasteiger partial charge on any atom is -0.399 e. The van der Waals surface area contributed by atoms with E-state index in [4.69, 9.17) is 5.73 Å². The van der Waals surface area contributed by atoms with Crippen LogP contribution in [0.2, 0.25) is 0 Å². The number of hydrogen-bond acceptors (Lipinski definition) is 3. The molecule has 0 amide bonds. The number of anilines is 1. The quantitative estimate of drug-likeness (QED) is 0.768. The van der Waals surface area contributed by atoms with Gasteiger partial charge in [0.25, 0.3) is 0 Å². The van der Waals surface area contributed by atoms with E-state index in [1.807, 2.05) is 26.1 Å². The number of aliphatic hydroxyl groups excluding tert-OH is 1. The topological polar surface area (TPSA) is 49.5 Å². The monoisotopic (exact) mass is 236 g/mol. The molecule has 0 aromatic heterocycles. The maximum Gasteiger partial charge on any atom is 0.0639 e. The molecule has 3 heteroatoms. The molecule has 0 radical (unpaired) electrons. The van der Waals surface area contributed by atoms with E-state index in [1.165, 1.54) is 5.56 Å². The molecule has 0 aliphatic heterocycles. The molecule has 0 saturated carbocycles. The van der Waals surface area contributed by atoms with Crippen LogP contribution in [0.25, 0.3) is 0 Å². The first-order chi connectivity index (χ1) is 7.81. The van der Waals surface area contributed by atoms with Crippen molar-refractivity contribution in [2.45, 2.75) is 38.8 Å². The van der Waals surface area contributed by atoms with Gasteiger partial charge in [0.1, 0.15) is 0 Å². The Bertz CT molecular complexity index is 344. The fourth-order valence-electron chi connectivity index (χ4n) is 1.91. The smallest absolute Gasteiger partial charge is 0.0639 e. The van der Waals surface area contributed by atoms with Gasteiger partial charge < -0.3 is 10.8 Å². The summed E-state index contributed by atoms with van der Waals surface area (Å²) in [7, 11) is 2.05. The van der Waals surface area contributed by atoms with Crippen molar-refractivity contribution in [1.29, 1.82) is 0 Å². The molecular formula is C14H24N2O. The number of benzene rings is 1. The van der Waals surface area contributed by atoms with Gasteiger partial charge in [-0.15, -0.1) is 0 Å². The summed E-state index contributed by atoms with van der Waals surface area (Å²) < 4.78 is 0. The maximum absolute atomic E-state index is 9.43. The van der Waals surface area contributed by atoms with Crippen molar-refractivity contribution in [3.8, 4) is 0 Å². The minimum absolute atomic E-state index is 0.0209. The molecule has 0 spiro atoms. The van der Waals surface area contributed by atoms with Gasteiger partial charge in [0.2, 0.25) is 0 Å². The molecule has 0 heterocycles. The fraction of sp³-hybridized carbons (Fsp3) is 0.571. The molecule has 1 unspecified atom stereocenters. The molecular weight excluding hydrogens is 212 g/mol. The molecule has 3 nitrogen and oxygen atoms in total. The summed E-state index contributed by atoms with van der Waals surface area (Å²) in [5.74, 6) is 0. The third-order valence-corrected chi connectivity index (χ3v) is 3.19. The first kappa shape index (κ1) is 14.0. The van der Waals surface area contributed by atoms with E-state index in [-0.39, 0.29) is 11.6 Å². The Morgan fingerprint density at radius 1 is 1.29 bits per heavy atom. The summed E-state index contributed by atoms with van der Waals surface area (Å²) in [6.07, 6.45) is 0.641. The average Bonchev–Trinajstić information content (AvgIpc) is 2.20. The normalized spacial score (nSPS) is 14.0. The Labute approximate surface area is 104 Å². The van der Waals surface area contributed by atoms with Crippen LogP contribution in [-0.2, 0) is 6.42 Å². The summed E-state index contributed by atoms with van der Waals surface area (Å²) in [4.78, 5) is 2.19. The number of nitrogens with zero attached hydrogens (tertiary/aromatic N) is 1. The summed E-state index contributed by atoms with van der Waals surface area (Å²) >= 11 is 0. The summed E-state index contributed by atoms with van der Waals surface area (Å²) in [6.45, 7) is 6.87. The highest BCUT2D eigenvalue weighted by Crippen LogP contribution is 2.20. The van der Waals surface area contributed by atoms with Crippen molar-refractivity contribution in [2.75, 3.05) is 19.3 Å². The van der Waals surface area contributed by atoms with Gasteiger partial charge in [0.15, 0.2) is 0 Å². The molecule has 0 saturated heterocycles. The van der Waals surface area contributed by atoms with Gasteiger partial charge in [-0.1, -0.05) is 12.1 Å². The van der Waals surface area contributed by atoms with Crippen molar-refractivity contribution in [1.82, 2.24) is 4.90 Å². The van der Waals surface area contributed by atoms with Gasteiger partial charge >= 0.3 is 0 Å². The average molecular weight is 236 g/mol. The standard InChI is InChI=1S/C14H24N2O/c1-11(17)10-16(4)14(2,3)9-12-5-7-13(15)8-6-12/h5-8,11,17H,9-10,15H2,1-4H3. The van der Waals surface area contributed by atoms with Crippen molar-refractivity contribution in [3.63, 3.8) is 0 Å². The molecule has 1 aromatic rings. The van der Waals surface area contributed by atoms with E-state index in [9.17, 15) is 5.11 Å². The number of likely N-dealkylation sites (N-methyl/N-ethyl adjacent to an activating group) is 1. The van der Waals surface area contributed by atoms with Crippen LogP contribution in [0.15, 0.2) is 24.3 Å². The van der Waals surface area contributed by atoms with Gasteiger partial charge in [-0.25, -0.2) is 0 Å². The zero-order valence-corrected chi connectivity index (χ0v) is 11.3. The molecule has 0 fully saturated rings. The second-order valence-electron chi connectivity index (χ2n) is 5.46. The molecule has 0 aliphatic carbocycles. The van der Waals surface area contributed by atoms with E-state index >= 15 is 0 Å². The number of nitrogens with two attached hydrogens (primary N) is 1. The van der Waals surface area contributed by atoms with Crippen molar-refractivity contribution in [3.05, 3.63) is 29.8 Å². The van der Waals surface area contributed by atoms with E-state index in [0.717, 1.165) is 12.1 Å². The van der Waals surface area contributed by atoms with Crippen LogP contribution in [-0.4, -0.2) is 35.2 Å². The highest BCUT2D eigenvalue weighted by molar-refractivity contribution is 5.39. The largest absolute Gasteiger partial charge is 0.399 e. The molecule has 1 rings (SSSR count). The van der Waals surface area contributed by atoms with Crippen LogP contribution >= 0.6 is 0 Å². The second kappa shape index (κ2) is 5.52. The number of hydrogen-bond donors (Lipinski definition) is 2. The van der Waals surface area contributed by atoms with E-state index in [2.05, 4.69) is 30.9 Å². The van der Waals surface area contributed by atoms with Crippen LogP contribution in [0.1, 0.15) is 26.3 Å². The van der Waals surface area contributed by atoms with E-state index in [0.29, 0.717) is 6.54 Å². The molecule has 96 valence electrons. The second-order valence-corrected chi connectivity index (χ2v) is 5.46. The lowest BCUT2D eigenvalue weighted by Gasteiger charge is -2.36. The maximum atomic E-state index is 9.43. The van der Waals surface area contributed by atoms with Gasteiger partial charge in [-0.05, 0) is 51.9 Å². The van der Waals surface area contributed by atoms with Gasteiger partial charge in [-0.2, -0.15) is 0 Å². The SMILES string of the molecule is CC(O)CN(C)C(C)(C)Cc1ccc(N)cc1. The number of β-amino-alcohol motifs (C(OH)–C–C–N with tert-alkyl or cyclic N) is 1. The van der Waals surface area contributed by atoms with Crippen molar-refractivity contribution in [2.24, 2.45) is 0 Å². The summed E-state index contributed by atoms with van der Waals surface area (Å²) in [5.41, 5.74) is 7.75. The summed E-state index contributed by atoms with van der Waals surface area (Å²) in [5, 5.41) is 9.43. The van der Waals surface area contributed by atoms with Crippen LogP contribution in [0.4, 0.5) is 5.69 Å². The van der Waals surface area contributed by atoms with Gasteiger partial charge in [0, 0.05) is 17.8 Å². The highest BCUT2D eigenvalue weighted by atomic mass is 16.3. The van der Waals surface area contributed by atoms with Crippen LogP contribution in [0, 0.1) is 0 Å². The molecule has 0 bridgehead atoms. The van der Waals surface area contributed by atoms with E-state index < -0.39 is 0 Å². The summed E-state index contributed by atoms with van der Waals surface area (Å²) in [6, 6.07) is 7.99. The molecule has 3 N–H and O–H groups in total. The lowest BCUT2D eigenvalue weighted by atomic mass is 9.93. The Morgan fingerprint density at radius 2 is 1.82 bits per heavy atom. The third kappa shape index (κ3) is 4.36. The fourth-order valence-corrected chi connectivity index (χ4v) is 1.91. The zero-order valence-electron chi connectivity index (χ0n) is 11.3.